The zero-order chi connectivity index (χ0) is 26.2. The van der Waals surface area contributed by atoms with Crippen LogP contribution in [0.25, 0.3) is 5.76 Å². The SMILES string of the molecule is COc1ccc(/C(O)=C2\C(=O)C(=O)N(c3ccc(C(C)(C)C)cc3)C2c2ccccc2OC)cc1Cl. The Morgan fingerprint density at radius 1 is 0.917 bits per heavy atom. The van der Waals surface area contributed by atoms with Gasteiger partial charge in [0.1, 0.15) is 17.3 Å². The minimum Gasteiger partial charge on any atom is -0.507 e. The van der Waals surface area contributed by atoms with Gasteiger partial charge in [0.15, 0.2) is 0 Å². The molecule has 7 heteroatoms. The van der Waals surface area contributed by atoms with E-state index >= 15 is 0 Å². The second-order valence-corrected chi connectivity index (χ2v) is 9.96. The maximum atomic E-state index is 13.4. The average molecular weight is 506 g/mol. The summed E-state index contributed by atoms with van der Waals surface area (Å²) < 4.78 is 10.8. The predicted molar refractivity (Wildman–Crippen MR) is 141 cm³/mol. The molecule has 1 aliphatic heterocycles. The highest BCUT2D eigenvalue weighted by Crippen LogP contribution is 2.45. The molecule has 36 heavy (non-hydrogen) atoms. The van der Waals surface area contributed by atoms with E-state index in [0.717, 1.165) is 5.56 Å². The predicted octanol–water partition coefficient (Wildman–Crippen LogP) is 6.28. The lowest BCUT2D eigenvalue weighted by molar-refractivity contribution is -0.132. The summed E-state index contributed by atoms with van der Waals surface area (Å²) in [4.78, 5) is 28.2. The van der Waals surface area contributed by atoms with Gasteiger partial charge in [-0.05, 0) is 47.4 Å². The van der Waals surface area contributed by atoms with E-state index < -0.39 is 17.7 Å². The lowest BCUT2D eigenvalue weighted by Crippen LogP contribution is -2.29. The average Bonchev–Trinajstić information content (AvgIpc) is 3.13. The number of halogens is 1. The number of hydrogen-bond acceptors (Lipinski definition) is 5. The van der Waals surface area contributed by atoms with Crippen molar-refractivity contribution in [3.05, 3.63) is 94.0 Å². The van der Waals surface area contributed by atoms with Crippen molar-refractivity contribution in [2.24, 2.45) is 0 Å². The van der Waals surface area contributed by atoms with Gasteiger partial charge in [0.25, 0.3) is 11.7 Å². The van der Waals surface area contributed by atoms with Crippen LogP contribution in [0.4, 0.5) is 5.69 Å². The molecule has 1 heterocycles. The molecule has 0 spiro atoms. The number of carbonyl (C=O) groups is 2. The lowest BCUT2D eigenvalue weighted by Gasteiger charge is -2.27. The zero-order valence-electron chi connectivity index (χ0n) is 20.8. The number of methoxy groups -OCH3 is 2. The van der Waals surface area contributed by atoms with Crippen LogP contribution in [0.5, 0.6) is 11.5 Å². The standard InChI is InChI=1S/C29H28ClNO5/c1-29(2,3)18-11-13-19(14-12-18)31-25(20-8-6-7-9-22(20)35-4)24(27(33)28(31)34)26(32)17-10-15-23(36-5)21(30)16-17/h6-16,25,32H,1-5H3/b26-24+. The van der Waals surface area contributed by atoms with Crippen molar-refractivity contribution in [2.45, 2.75) is 32.2 Å². The Morgan fingerprint density at radius 2 is 1.56 bits per heavy atom. The fraction of sp³-hybridized carbons (Fsp3) is 0.241. The summed E-state index contributed by atoms with van der Waals surface area (Å²) >= 11 is 6.28. The van der Waals surface area contributed by atoms with Crippen LogP contribution in [-0.2, 0) is 15.0 Å². The Balaban J connectivity index is 1.94. The molecule has 0 aromatic heterocycles. The van der Waals surface area contributed by atoms with E-state index in [1.54, 1.807) is 36.4 Å². The van der Waals surface area contributed by atoms with Crippen molar-refractivity contribution in [3.8, 4) is 11.5 Å². The Morgan fingerprint density at radius 3 is 2.14 bits per heavy atom. The van der Waals surface area contributed by atoms with Crippen LogP contribution in [0.2, 0.25) is 5.02 Å². The van der Waals surface area contributed by atoms with E-state index in [-0.39, 0.29) is 21.8 Å². The summed E-state index contributed by atoms with van der Waals surface area (Å²) in [6.07, 6.45) is 0. The van der Waals surface area contributed by atoms with Crippen LogP contribution < -0.4 is 14.4 Å². The quantitative estimate of drug-likeness (QED) is 0.251. The maximum Gasteiger partial charge on any atom is 0.300 e. The molecule has 1 aliphatic rings. The number of para-hydroxylation sites is 1. The van der Waals surface area contributed by atoms with Crippen LogP contribution in [0.3, 0.4) is 0 Å². The molecule has 186 valence electrons. The van der Waals surface area contributed by atoms with Gasteiger partial charge in [0.2, 0.25) is 0 Å². The van der Waals surface area contributed by atoms with E-state index in [1.807, 2.05) is 24.3 Å². The summed E-state index contributed by atoms with van der Waals surface area (Å²) in [5, 5.41) is 11.6. The monoisotopic (exact) mass is 505 g/mol. The second-order valence-electron chi connectivity index (χ2n) is 9.56. The van der Waals surface area contributed by atoms with E-state index in [2.05, 4.69) is 20.8 Å². The highest BCUT2D eigenvalue weighted by molar-refractivity contribution is 6.51. The number of rotatable bonds is 5. The van der Waals surface area contributed by atoms with Gasteiger partial charge < -0.3 is 14.6 Å². The van der Waals surface area contributed by atoms with E-state index in [0.29, 0.717) is 28.3 Å². The molecule has 0 aliphatic carbocycles. The summed E-state index contributed by atoms with van der Waals surface area (Å²) in [5.74, 6) is -0.957. The smallest absolute Gasteiger partial charge is 0.300 e. The van der Waals surface area contributed by atoms with Crippen molar-refractivity contribution in [3.63, 3.8) is 0 Å². The summed E-state index contributed by atoms with van der Waals surface area (Å²) in [5.41, 5.74) is 2.35. The third-order valence-corrected chi connectivity index (χ3v) is 6.61. The fourth-order valence-corrected chi connectivity index (χ4v) is 4.63. The number of amides is 1. The number of ketones is 1. The molecule has 3 aromatic rings. The van der Waals surface area contributed by atoms with Crippen molar-refractivity contribution in [1.29, 1.82) is 0 Å². The number of hydrogen-bond donors (Lipinski definition) is 1. The number of ether oxygens (including phenoxy) is 2. The normalized spacial score (nSPS) is 17.4. The third-order valence-electron chi connectivity index (χ3n) is 6.31. The van der Waals surface area contributed by atoms with Crippen LogP contribution in [0.1, 0.15) is 43.5 Å². The molecule has 1 atom stereocenters. The number of benzene rings is 3. The first kappa shape index (κ1) is 25.3. The molecule has 1 N–H and O–H groups in total. The molecule has 1 saturated heterocycles. The molecule has 3 aromatic carbocycles. The van der Waals surface area contributed by atoms with E-state index in [9.17, 15) is 14.7 Å². The number of aliphatic hydroxyl groups is 1. The van der Waals surface area contributed by atoms with Crippen LogP contribution >= 0.6 is 11.6 Å². The van der Waals surface area contributed by atoms with Gasteiger partial charge >= 0.3 is 0 Å². The molecule has 1 fully saturated rings. The van der Waals surface area contributed by atoms with Gasteiger partial charge in [-0.25, -0.2) is 0 Å². The minimum atomic E-state index is -0.914. The van der Waals surface area contributed by atoms with E-state index in [1.165, 1.54) is 25.2 Å². The lowest BCUT2D eigenvalue weighted by atomic mass is 9.87. The highest BCUT2D eigenvalue weighted by Gasteiger charge is 2.48. The first-order valence-electron chi connectivity index (χ1n) is 11.5. The molecule has 0 radical (unpaired) electrons. The Bertz CT molecular complexity index is 1350. The molecule has 4 rings (SSSR count). The zero-order valence-corrected chi connectivity index (χ0v) is 21.6. The van der Waals surface area contributed by atoms with Gasteiger partial charge in [-0.1, -0.05) is 62.7 Å². The number of carbonyl (C=O) groups excluding carboxylic acids is 2. The van der Waals surface area contributed by atoms with Crippen molar-refractivity contribution in [2.75, 3.05) is 19.1 Å². The second kappa shape index (κ2) is 9.70. The summed E-state index contributed by atoms with van der Waals surface area (Å²) in [6.45, 7) is 6.30. The van der Waals surface area contributed by atoms with Crippen molar-refractivity contribution >= 4 is 34.7 Å². The van der Waals surface area contributed by atoms with Crippen LogP contribution in [0, 0.1) is 0 Å². The van der Waals surface area contributed by atoms with Gasteiger partial charge in [0.05, 0.1) is 30.9 Å². The summed E-state index contributed by atoms with van der Waals surface area (Å²) in [7, 11) is 3.01. The van der Waals surface area contributed by atoms with Gasteiger partial charge in [0, 0.05) is 16.8 Å². The van der Waals surface area contributed by atoms with Gasteiger partial charge in [-0.15, -0.1) is 0 Å². The van der Waals surface area contributed by atoms with Gasteiger partial charge in [-0.2, -0.15) is 0 Å². The number of nitrogens with zero attached hydrogens (tertiary/aromatic N) is 1. The maximum absolute atomic E-state index is 13.4. The Kier molecular flexibility index (Phi) is 6.83. The first-order valence-corrected chi connectivity index (χ1v) is 11.8. The Hall–Kier alpha value is -3.77. The highest BCUT2D eigenvalue weighted by atomic mass is 35.5. The molecule has 1 unspecified atom stereocenters. The molecule has 6 nitrogen and oxygen atoms in total. The molecular weight excluding hydrogens is 478 g/mol. The van der Waals surface area contributed by atoms with E-state index in [4.69, 9.17) is 21.1 Å². The van der Waals surface area contributed by atoms with Crippen LogP contribution in [0.15, 0.2) is 72.3 Å². The molecule has 0 saturated carbocycles. The fourth-order valence-electron chi connectivity index (χ4n) is 4.38. The third kappa shape index (κ3) is 4.44. The first-order chi connectivity index (χ1) is 17.1. The molecule has 1 amide bonds. The van der Waals surface area contributed by atoms with Crippen molar-refractivity contribution < 1.29 is 24.2 Å². The van der Waals surface area contributed by atoms with Gasteiger partial charge in [-0.3, -0.25) is 14.5 Å². The van der Waals surface area contributed by atoms with Crippen LogP contribution in [-0.4, -0.2) is 31.0 Å². The topological polar surface area (TPSA) is 76.1 Å². The number of Topliss-reactive ketones (excluding diaryl/α,β-unsaturated/α-hetero) is 1. The molecule has 0 bridgehead atoms. The van der Waals surface area contributed by atoms with Crippen molar-refractivity contribution in [1.82, 2.24) is 0 Å². The largest absolute Gasteiger partial charge is 0.507 e. The minimum absolute atomic E-state index is 0.0503. The summed E-state index contributed by atoms with van der Waals surface area (Å²) in [6, 6.07) is 18.4. The number of anilines is 1. The number of aliphatic hydroxyl groups excluding tert-OH is 1. The molecular formula is C29H28ClNO5. The Labute approximate surface area is 215 Å².